The molecule has 1 aliphatic rings. The van der Waals surface area contributed by atoms with E-state index in [0.29, 0.717) is 5.69 Å². The Labute approximate surface area is 119 Å². The van der Waals surface area contributed by atoms with Crippen molar-refractivity contribution in [3.05, 3.63) is 59.2 Å². The van der Waals surface area contributed by atoms with Crippen molar-refractivity contribution in [2.24, 2.45) is 0 Å². The summed E-state index contributed by atoms with van der Waals surface area (Å²) in [5.41, 5.74) is 6.33. The minimum absolute atomic E-state index is 0.0507. The molecule has 2 amide bonds. The number of fused-ring (bicyclic) bond motifs is 1. The number of imide groups is 1. The zero-order valence-electron chi connectivity index (χ0n) is 10.7. The molecule has 0 spiro atoms. The normalized spacial score (nSPS) is 13.4. The average Bonchev–Trinajstić information content (AvgIpc) is 2.70. The third-order valence-corrected chi connectivity index (χ3v) is 3.29. The Balaban J connectivity index is 2.17. The molecule has 0 aromatic heterocycles. The summed E-state index contributed by atoms with van der Waals surface area (Å²) in [4.78, 5) is 36.9. The Kier molecular flexibility index (Phi) is 2.72. The van der Waals surface area contributed by atoms with Crippen molar-refractivity contribution in [1.82, 2.24) is 0 Å². The number of nitrogens with zero attached hydrogens (tertiary/aromatic N) is 1. The summed E-state index contributed by atoms with van der Waals surface area (Å²) >= 11 is 0. The van der Waals surface area contributed by atoms with Gasteiger partial charge in [-0.25, -0.2) is 9.69 Å². The van der Waals surface area contributed by atoms with Gasteiger partial charge in [0.1, 0.15) is 0 Å². The van der Waals surface area contributed by atoms with Crippen molar-refractivity contribution in [1.29, 1.82) is 0 Å². The number of anilines is 2. The highest BCUT2D eigenvalue weighted by Gasteiger charge is 2.38. The maximum atomic E-state index is 12.4. The van der Waals surface area contributed by atoms with Crippen molar-refractivity contribution in [2.45, 2.75) is 0 Å². The minimum atomic E-state index is -1.21. The molecule has 0 aliphatic carbocycles. The lowest BCUT2D eigenvalue weighted by atomic mass is 10.1. The molecule has 0 atom stereocenters. The topological polar surface area (TPSA) is 101 Å². The second-order valence-corrected chi connectivity index (χ2v) is 4.57. The van der Waals surface area contributed by atoms with Gasteiger partial charge in [0, 0.05) is 5.69 Å². The van der Waals surface area contributed by atoms with E-state index in [-0.39, 0.29) is 22.4 Å². The monoisotopic (exact) mass is 282 g/mol. The van der Waals surface area contributed by atoms with Crippen LogP contribution in [0.25, 0.3) is 0 Å². The summed E-state index contributed by atoms with van der Waals surface area (Å²) in [6.07, 6.45) is 0. The van der Waals surface area contributed by atoms with E-state index in [2.05, 4.69) is 0 Å². The van der Waals surface area contributed by atoms with Gasteiger partial charge in [0.05, 0.1) is 22.4 Å². The Bertz CT molecular complexity index is 798. The summed E-state index contributed by atoms with van der Waals surface area (Å²) in [6.45, 7) is 0. The molecule has 6 nitrogen and oxygen atoms in total. The first-order valence-electron chi connectivity index (χ1n) is 6.11. The first kappa shape index (κ1) is 12.9. The smallest absolute Gasteiger partial charge is 0.337 e. The fraction of sp³-hybridized carbons (Fsp3) is 0. The molecule has 21 heavy (non-hydrogen) atoms. The van der Waals surface area contributed by atoms with Crippen LogP contribution in [-0.2, 0) is 0 Å². The van der Waals surface area contributed by atoms with E-state index in [0.717, 1.165) is 4.90 Å². The van der Waals surface area contributed by atoms with E-state index in [1.807, 2.05) is 0 Å². The van der Waals surface area contributed by atoms with Gasteiger partial charge in [-0.1, -0.05) is 12.1 Å². The van der Waals surface area contributed by atoms with E-state index < -0.39 is 17.8 Å². The van der Waals surface area contributed by atoms with Crippen molar-refractivity contribution in [3.8, 4) is 0 Å². The number of nitrogens with two attached hydrogens (primary N) is 1. The number of benzene rings is 2. The molecule has 3 N–H and O–H groups in total. The molecular formula is C15H10N2O4. The molecule has 0 saturated heterocycles. The van der Waals surface area contributed by atoms with Gasteiger partial charge in [0.25, 0.3) is 11.8 Å². The van der Waals surface area contributed by atoms with Gasteiger partial charge in [-0.05, 0) is 30.3 Å². The molecule has 2 aromatic rings. The molecule has 0 saturated carbocycles. The number of hydrogen-bond acceptors (Lipinski definition) is 4. The largest absolute Gasteiger partial charge is 0.478 e. The van der Waals surface area contributed by atoms with Gasteiger partial charge < -0.3 is 10.8 Å². The number of hydrogen-bond donors (Lipinski definition) is 2. The Morgan fingerprint density at radius 1 is 1.00 bits per heavy atom. The second-order valence-electron chi connectivity index (χ2n) is 4.57. The van der Waals surface area contributed by atoms with Crippen molar-refractivity contribution in [3.63, 3.8) is 0 Å². The van der Waals surface area contributed by atoms with Gasteiger partial charge in [0.2, 0.25) is 0 Å². The van der Waals surface area contributed by atoms with E-state index in [1.54, 1.807) is 6.07 Å². The fourth-order valence-corrected chi connectivity index (χ4v) is 2.33. The summed E-state index contributed by atoms with van der Waals surface area (Å²) in [5, 5.41) is 9.19. The lowest BCUT2D eigenvalue weighted by Gasteiger charge is -2.16. The first-order chi connectivity index (χ1) is 10.0. The van der Waals surface area contributed by atoms with E-state index in [4.69, 9.17) is 5.73 Å². The summed E-state index contributed by atoms with van der Waals surface area (Å²) in [7, 11) is 0. The van der Waals surface area contributed by atoms with Crippen LogP contribution < -0.4 is 10.6 Å². The third kappa shape index (κ3) is 1.85. The Hall–Kier alpha value is -3.15. The predicted octanol–water partition coefficient (Wildman–Crippen LogP) is 1.77. The number of carboxylic acids is 1. The minimum Gasteiger partial charge on any atom is -0.478 e. The number of rotatable bonds is 2. The van der Waals surface area contributed by atoms with Crippen LogP contribution in [0.2, 0.25) is 0 Å². The first-order valence-corrected chi connectivity index (χ1v) is 6.11. The number of amides is 2. The standard InChI is InChI=1S/C15H10N2O4/c16-8-5-6-9-11(7-8)14(19)17(13(9)18)12-4-2-1-3-10(12)15(20)21/h1-7H,16H2,(H,20,21). The Morgan fingerprint density at radius 3 is 2.38 bits per heavy atom. The van der Waals surface area contributed by atoms with Crippen LogP contribution in [0.5, 0.6) is 0 Å². The van der Waals surface area contributed by atoms with Gasteiger partial charge in [-0.2, -0.15) is 0 Å². The zero-order valence-corrected chi connectivity index (χ0v) is 10.7. The number of carboxylic acid groups (broad SMARTS) is 1. The van der Waals surface area contributed by atoms with Crippen molar-refractivity contribution >= 4 is 29.2 Å². The number of para-hydroxylation sites is 1. The number of carbonyl (C=O) groups excluding carboxylic acids is 2. The highest BCUT2D eigenvalue weighted by Crippen LogP contribution is 2.31. The van der Waals surface area contributed by atoms with Crippen LogP contribution >= 0.6 is 0 Å². The predicted molar refractivity (Wildman–Crippen MR) is 75.4 cm³/mol. The van der Waals surface area contributed by atoms with Gasteiger partial charge in [0.15, 0.2) is 0 Å². The second kappa shape index (κ2) is 4.45. The van der Waals surface area contributed by atoms with Crippen LogP contribution in [0.15, 0.2) is 42.5 Å². The van der Waals surface area contributed by atoms with Crippen LogP contribution in [0.4, 0.5) is 11.4 Å². The summed E-state index contributed by atoms with van der Waals surface area (Å²) in [6, 6.07) is 10.3. The van der Waals surface area contributed by atoms with Gasteiger partial charge >= 0.3 is 5.97 Å². The molecule has 0 radical (unpaired) electrons. The van der Waals surface area contributed by atoms with Crippen LogP contribution in [0.1, 0.15) is 31.1 Å². The zero-order chi connectivity index (χ0) is 15.1. The average molecular weight is 282 g/mol. The summed E-state index contributed by atoms with van der Waals surface area (Å²) < 4.78 is 0. The lowest BCUT2D eigenvalue weighted by molar-refractivity contribution is 0.0698. The lowest BCUT2D eigenvalue weighted by Crippen LogP contribution is -2.30. The highest BCUT2D eigenvalue weighted by atomic mass is 16.4. The van der Waals surface area contributed by atoms with Gasteiger partial charge in [-0.3, -0.25) is 9.59 Å². The highest BCUT2D eigenvalue weighted by molar-refractivity contribution is 6.35. The van der Waals surface area contributed by atoms with Gasteiger partial charge in [-0.15, -0.1) is 0 Å². The van der Waals surface area contributed by atoms with E-state index in [9.17, 15) is 19.5 Å². The van der Waals surface area contributed by atoms with Crippen LogP contribution in [0.3, 0.4) is 0 Å². The number of aromatic carboxylic acids is 1. The SMILES string of the molecule is Nc1ccc2c(c1)C(=O)N(c1ccccc1C(=O)O)C2=O. The molecule has 1 heterocycles. The number of carbonyl (C=O) groups is 3. The molecule has 1 aliphatic heterocycles. The maximum Gasteiger partial charge on any atom is 0.337 e. The molecule has 104 valence electrons. The molecule has 0 fully saturated rings. The van der Waals surface area contributed by atoms with Crippen molar-refractivity contribution in [2.75, 3.05) is 10.6 Å². The molecule has 0 bridgehead atoms. The molecule has 3 rings (SSSR count). The van der Waals surface area contributed by atoms with E-state index >= 15 is 0 Å². The molecule has 2 aromatic carbocycles. The van der Waals surface area contributed by atoms with Crippen LogP contribution in [-0.4, -0.2) is 22.9 Å². The molecule has 6 heteroatoms. The molecular weight excluding hydrogens is 272 g/mol. The quantitative estimate of drug-likeness (QED) is 0.645. The number of nitrogen functional groups attached to an aromatic ring is 1. The van der Waals surface area contributed by atoms with Crippen LogP contribution in [0, 0.1) is 0 Å². The van der Waals surface area contributed by atoms with E-state index in [1.165, 1.54) is 36.4 Å². The Morgan fingerprint density at radius 2 is 1.67 bits per heavy atom. The molecule has 0 unspecified atom stereocenters. The maximum absolute atomic E-state index is 12.4. The van der Waals surface area contributed by atoms with Crippen molar-refractivity contribution < 1.29 is 19.5 Å². The third-order valence-electron chi connectivity index (χ3n) is 3.29. The fourth-order valence-electron chi connectivity index (χ4n) is 2.33. The summed E-state index contributed by atoms with van der Waals surface area (Å²) in [5.74, 6) is -2.33.